The number of hydrogen-bond acceptors (Lipinski definition) is 6. The topological polar surface area (TPSA) is 59.9 Å². The maximum atomic E-state index is 5.66. The van der Waals surface area contributed by atoms with Crippen LogP contribution >= 0.6 is 11.5 Å². The van der Waals surface area contributed by atoms with Crippen molar-refractivity contribution in [3.8, 4) is 5.88 Å². The molecule has 2 aromatic heterocycles. The molecule has 2 heterocycles. The number of pyridine rings is 1. The third-order valence-electron chi connectivity index (χ3n) is 2.15. The molecule has 18 heavy (non-hydrogen) atoms. The van der Waals surface area contributed by atoms with E-state index < -0.39 is 0 Å². The van der Waals surface area contributed by atoms with E-state index in [4.69, 9.17) is 4.74 Å². The zero-order chi connectivity index (χ0) is 13.0. The fraction of sp³-hybridized carbons (Fsp3) is 0.417. The van der Waals surface area contributed by atoms with Crippen LogP contribution in [0.5, 0.6) is 5.88 Å². The van der Waals surface area contributed by atoms with Gasteiger partial charge in [0.25, 0.3) is 0 Å². The number of aryl methyl sites for hydroxylation is 1. The maximum absolute atomic E-state index is 5.66. The van der Waals surface area contributed by atoms with Gasteiger partial charge in [-0.2, -0.15) is 4.37 Å². The van der Waals surface area contributed by atoms with Gasteiger partial charge in [0.1, 0.15) is 5.82 Å². The molecule has 0 bridgehead atoms. The molecule has 0 aliphatic heterocycles. The highest BCUT2D eigenvalue weighted by Gasteiger charge is 2.07. The van der Waals surface area contributed by atoms with Gasteiger partial charge in [-0.3, -0.25) is 0 Å². The van der Waals surface area contributed by atoms with Crippen molar-refractivity contribution in [2.24, 2.45) is 0 Å². The number of ether oxygens (including phenoxy) is 1. The van der Waals surface area contributed by atoms with Gasteiger partial charge in [0.15, 0.2) is 0 Å². The summed E-state index contributed by atoms with van der Waals surface area (Å²) in [4.78, 5) is 8.49. The Kier molecular flexibility index (Phi) is 4.09. The summed E-state index contributed by atoms with van der Waals surface area (Å²) in [5, 5.41) is 4.03. The molecule has 0 saturated carbocycles. The molecule has 1 N–H and O–H groups in total. The van der Waals surface area contributed by atoms with E-state index in [9.17, 15) is 0 Å². The van der Waals surface area contributed by atoms with E-state index in [0.29, 0.717) is 12.4 Å². The summed E-state index contributed by atoms with van der Waals surface area (Å²) in [6, 6.07) is 3.89. The third-order valence-corrected chi connectivity index (χ3v) is 2.92. The van der Waals surface area contributed by atoms with E-state index >= 15 is 0 Å². The zero-order valence-corrected chi connectivity index (χ0v) is 11.5. The average molecular weight is 264 g/mol. The SMILES string of the molecule is Cc1nsc(NCc2cccnc2OC(C)C)n1. The monoisotopic (exact) mass is 264 g/mol. The third kappa shape index (κ3) is 3.40. The van der Waals surface area contributed by atoms with Crippen LogP contribution in [0, 0.1) is 6.92 Å². The highest BCUT2D eigenvalue weighted by Crippen LogP contribution is 2.18. The molecule has 0 aliphatic rings. The second kappa shape index (κ2) is 5.77. The first-order valence-electron chi connectivity index (χ1n) is 5.80. The van der Waals surface area contributed by atoms with Gasteiger partial charge in [0.2, 0.25) is 11.0 Å². The molecule has 6 heteroatoms. The summed E-state index contributed by atoms with van der Waals surface area (Å²) in [6.45, 7) is 6.48. The first-order chi connectivity index (χ1) is 8.65. The summed E-state index contributed by atoms with van der Waals surface area (Å²) in [5.41, 5.74) is 1.01. The summed E-state index contributed by atoms with van der Waals surface area (Å²) in [7, 11) is 0. The first kappa shape index (κ1) is 12.8. The molecule has 0 fully saturated rings. The van der Waals surface area contributed by atoms with Crippen LogP contribution in [0.3, 0.4) is 0 Å². The fourth-order valence-corrected chi connectivity index (χ4v) is 2.00. The van der Waals surface area contributed by atoms with Crippen molar-refractivity contribution in [1.82, 2.24) is 14.3 Å². The number of nitrogens with zero attached hydrogens (tertiary/aromatic N) is 3. The molecule has 0 radical (unpaired) electrons. The Hall–Kier alpha value is -1.69. The highest BCUT2D eigenvalue weighted by molar-refractivity contribution is 7.09. The quantitative estimate of drug-likeness (QED) is 0.899. The van der Waals surface area contributed by atoms with E-state index in [1.165, 1.54) is 11.5 Å². The van der Waals surface area contributed by atoms with Gasteiger partial charge in [0.05, 0.1) is 6.10 Å². The van der Waals surface area contributed by atoms with Crippen LogP contribution in [0.4, 0.5) is 5.13 Å². The highest BCUT2D eigenvalue weighted by atomic mass is 32.1. The van der Waals surface area contributed by atoms with Crippen LogP contribution in [0.2, 0.25) is 0 Å². The Balaban J connectivity index is 2.04. The molecule has 0 unspecified atom stereocenters. The minimum absolute atomic E-state index is 0.113. The molecule has 5 nitrogen and oxygen atoms in total. The Bertz CT molecular complexity index is 512. The van der Waals surface area contributed by atoms with Crippen molar-refractivity contribution < 1.29 is 4.74 Å². The standard InChI is InChI=1S/C12H16N4OS/c1-8(2)17-11-10(5-4-6-13-11)7-14-12-15-9(3)16-18-12/h4-6,8H,7H2,1-3H3,(H,14,15,16). The molecule has 0 aliphatic carbocycles. The fourth-order valence-electron chi connectivity index (χ4n) is 1.43. The number of nitrogens with one attached hydrogen (secondary N) is 1. The molecule has 96 valence electrons. The van der Waals surface area contributed by atoms with Gasteiger partial charge in [-0.25, -0.2) is 9.97 Å². The molecule has 0 aromatic carbocycles. The summed E-state index contributed by atoms with van der Waals surface area (Å²) in [5.74, 6) is 1.45. The van der Waals surface area contributed by atoms with Crippen LogP contribution in [0.1, 0.15) is 25.2 Å². The van der Waals surface area contributed by atoms with Crippen LogP contribution in [0.25, 0.3) is 0 Å². The Morgan fingerprint density at radius 2 is 2.28 bits per heavy atom. The predicted octanol–water partition coefficient (Wildman–Crippen LogP) is 2.64. The molecular formula is C12H16N4OS. The maximum Gasteiger partial charge on any atom is 0.218 e. The minimum atomic E-state index is 0.113. The lowest BCUT2D eigenvalue weighted by molar-refractivity contribution is 0.230. The Morgan fingerprint density at radius 3 is 2.94 bits per heavy atom. The van der Waals surface area contributed by atoms with Crippen molar-refractivity contribution in [3.63, 3.8) is 0 Å². The second-order valence-electron chi connectivity index (χ2n) is 4.13. The largest absolute Gasteiger partial charge is 0.475 e. The lowest BCUT2D eigenvalue weighted by Gasteiger charge is -2.12. The van der Waals surface area contributed by atoms with E-state index in [1.807, 2.05) is 32.9 Å². The normalized spacial score (nSPS) is 10.7. The van der Waals surface area contributed by atoms with Gasteiger partial charge in [-0.05, 0) is 26.8 Å². The van der Waals surface area contributed by atoms with Gasteiger partial charge < -0.3 is 10.1 Å². The number of hydrogen-bond donors (Lipinski definition) is 1. The van der Waals surface area contributed by atoms with E-state index in [2.05, 4.69) is 19.7 Å². The molecule has 0 spiro atoms. The molecule has 2 aromatic rings. The zero-order valence-electron chi connectivity index (χ0n) is 10.7. The molecular weight excluding hydrogens is 248 g/mol. The summed E-state index contributed by atoms with van der Waals surface area (Å²) >= 11 is 1.36. The van der Waals surface area contributed by atoms with Crippen LogP contribution in [-0.4, -0.2) is 20.4 Å². The molecule has 0 atom stereocenters. The lowest BCUT2D eigenvalue weighted by atomic mass is 10.2. The smallest absolute Gasteiger partial charge is 0.218 e. The first-order valence-corrected chi connectivity index (χ1v) is 6.57. The molecule has 0 saturated heterocycles. The van der Waals surface area contributed by atoms with Crippen molar-refractivity contribution in [3.05, 3.63) is 29.7 Å². The average Bonchev–Trinajstić information content (AvgIpc) is 2.73. The van der Waals surface area contributed by atoms with Gasteiger partial charge in [0, 0.05) is 29.8 Å². The number of anilines is 1. The van der Waals surface area contributed by atoms with Crippen LogP contribution < -0.4 is 10.1 Å². The van der Waals surface area contributed by atoms with E-state index in [0.717, 1.165) is 16.5 Å². The van der Waals surface area contributed by atoms with Gasteiger partial charge >= 0.3 is 0 Å². The number of aromatic nitrogens is 3. The van der Waals surface area contributed by atoms with Crippen molar-refractivity contribution in [2.75, 3.05) is 5.32 Å². The summed E-state index contributed by atoms with van der Waals surface area (Å²) < 4.78 is 9.78. The molecule has 0 amide bonds. The van der Waals surface area contributed by atoms with Crippen molar-refractivity contribution in [2.45, 2.75) is 33.4 Å². The van der Waals surface area contributed by atoms with Gasteiger partial charge in [-0.15, -0.1) is 0 Å². The van der Waals surface area contributed by atoms with E-state index in [-0.39, 0.29) is 6.10 Å². The van der Waals surface area contributed by atoms with E-state index in [1.54, 1.807) is 6.20 Å². The molecule has 2 rings (SSSR count). The summed E-state index contributed by atoms with van der Waals surface area (Å²) in [6.07, 6.45) is 1.85. The Morgan fingerprint density at radius 1 is 1.44 bits per heavy atom. The minimum Gasteiger partial charge on any atom is -0.475 e. The second-order valence-corrected chi connectivity index (χ2v) is 4.89. The lowest BCUT2D eigenvalue weighted by Crippen LogP contribution is -2.10. The van der Waals surface area contributed by atoms with Crippen LogP contribution in [0.15, 0.2) is 18.3 Å². The number of rotatable bonds is 5. The van der Waals surface area contributed by atoms with Crippen molar-refractivity contribution >= 4 is 16.7 Å². The Labute approximate surface area is 110 Å². The predicted molar refractivity (Wildman–Crippen MR) is 72.0 cm³/mol. The van der Waals surface area contributed by atoms with Gasteiger partial charge in [-0.1, -0.05) is 6.07 Å². The van der Waals surface area contributed by atoms with Crippen molar-refractivity contribution in [1.29, 1.82) is 0 Å². The van der Waals surface area contributed by atoms with Crippen LogP contribution in [-0.2, 0) is 6.54 Å².